The van der Waals surface area contributed by atoms with Gasteiger partial charge >= 0.3 is 5.97 Å². The molecule has 0 unspecified atom stereocenters. The molecule has 0 bridgehead atoms. The van der Waals surface area contributed by atoms with E-state index in [9.17, 15) is 14.7 Å². The minimum absolute atomic E-state index is 0.140. The van der Waals surface area contributed by atoms with Crippen LogP contribution in [-0.2, 0) is 14.3 Å². The fourth-order valence-electron chi connectivity index (χ4n) is 1.23. The predicted octanol–water partition coefficient (Wildman–Crippen LogP) is 0.707. The van der Waals surface area contributed by atoms with Crippen LogP contribution in [0, 0.1) is 11.8 Å². The first-order chi connectivity index (χ1) is 7.75. The molecule has 0 rings (SSSR count). The van der Waals surface area contributed by atoms with E-state index in [1.54, 1.807) is 13.8 Å². The van der Waals surface area contributed by atoms with Gasteiger partial charge in [-0.25, -0.2) is 4.79 Å². The number of amides is 1. The molecule has 0 aromatic rings. The number of carbonyl (C=O) groups is 2. The number of esters is 1. The maximum Gasteiger partial charge on any atom is 0.331 e. The van der Waals surface area contributed by atoms with Gasteiger partial charge in [0, 0.05) is 6.92 Å². The van der Waals surface area contributed by atoms with Gasteiger partial charge in [0.1, 0.15) is 0 Å². The van der Waals surface area contributed by atoms with Crippen LogP contribution in [0.5, 0.6) is 0 Å². The highest BCUT2D eigenvalue weighted by atomic mass is 16.5. The minimum Gasteiger partial charge on any atom is -0.464 e. The monoisotopic (exact) mass is 245 g/mol. The predicted molar refractivity (Wildman–Crippen MR) is 64.2 cm³/mol. The number of carbonyl (C=O) groups excluding carboxylic acids is 2. The number of hydrogen-bond donors (Lipinski definition) is 2. The van der Waals surface area contributed by atoms with E-state index in [4.69, 9.17) is 4.74 Å². The summed E-state index contributed by atoms with van der Waals surface area (Å²) < 4.78 is 5.02. The molecule has 5 heteroatoms. The van der Waals surface area contributed by atoms with Crippen molar-refractivity contribution in [2.24, 2.45) is 11.8 Å². The highest BCUT2D eigenvalue weighted by Crippen LogP contribution is 2.09. The number of hydrogen-bond acceptors (Lipinski definition) is 4. The van der Waals surface area contributed by atoms with E-state index in [1.807, 2.05) is 13.8 Å². The zero-order chi connectivity index (χ0) is 13.6. The lowest BCUT2D eigenvalue weighted by molar-refractivity contribution is -0.153. The van der Waals surface area contributed by atoms with Gasteiger partial charge in [-0.15, -0.1) is 0 Å². The fourth-order valence-corrected chi connectivity index (χ4v) is 1.23. The van der Waals surface area contributed by atoms with Gasteiger partial charge in [0.25, 0.3) is 0 Å². The van der Waals surface area contributed by atoms with Crippen LogP contribution in [0.15, 0.2) is 0 Å². The lowest BCUT2D eigenvalue weighted by Crippen LogP contribution is -2.51. The molecule has 0 spiro atoms. The molecular weight excluding hydrogens is 222 g/mol. The molecule has 0 saturated heterocycles. The Labute approximate surface area is 103 Å². The summed E-state index contributed by atoms with van der Waals surface area (Å²) in [7, 11) is 0. The van der Waals surface area contributed by atoms with Crippen molar-refractivity contribution in [3.8, 4) is 0 Å². The van der Waals surface area contributed by atoms with Gasteiger partial charge in [-0.05, 0) is 11.8 Å². The van der Waals surface area contributed by atoms with Crippen LogP contribution in [0.3, 0.4) is 0 Å². The van der Waals surface area contributed by atoms with Gasteiger partial charge in [-0.1, -0.05) is 27.7 Å². The van der Waals surface area contributed by atoms with E-state index in [-0.39, 0.29) is 24.3 Å². The van der Waals surface area contributed by atoms with E-state index in [0.717, 1.165) is 0 Å². The second-order valence-corrected chi connectivity index (χ2v) is 4.94. The molecule has 2 atom stereocenters. The molecule has 0 aliphatic carbocycles. The SMILES string of the molecule is CC(=O)N[C@H](C(=O)OCC(C)C)[C@H](O)C(C)C. The zero-order valence-electron chi connectivity index (χ0n) is 11.2. The Morgan fingerprint density at radius 1 is 1.24 bits per heavy atom. The van der Waals surface area contributed by atoms with Gasteiger partial charge < -0.3 is 15.2 Å². The van der Waals surface area contributed by atoms with Crippen LogP contribution in [0.4, 0.5) is 0 Å². The molecule has 0 aliphatic heterocycles. The van der Waals surface area contributed by atoms with Crippen LogP contribution >= 0.6 is 0 Å². The van der Waals surface area contributed by atoms with Crippen LogP contribution < -0.4 is 5.32 Å². The maximum absolute atomic E-state index is 11.7. The summed E-state index contributed by atoms with van der Waals surface area (Å²) in [4.78, 5) is 22.7. The Hall–Kier alpha value is -1.10. The molecular formula is C12H23NO4. The summed E-state index contributed by atoms with van der Waals surface area (Å²) in [6.07, 6.45) is -0.946. The van der Waals surface area contributed by atoms with E-state index in [0.29, 0.717) is 0 Å². The normalized spacial score (nSPS) is 14.6. The molecule has 0 heterocycles. The summed E-state index contributed by atoms with van der Waals surface area (Å²) in [6, 6.07) is -0.994. The first-order valence-electron chi connectivity index (χ1n) is 5.87. The number of aliphatic hydroxyl groups excluding tert-OH is 1. The average molecular weight is 245 g/mol. The van der Waals surface area contributed by atoms with Gasteiger partial charge in [0.05, 0.1) is 12.7 Å². The van der Waals surface area contributed by atoms with Crippen molar-refractivity contribution in [2.75, 3.05) is 6.61 Å². The minimum atomic E-state index is -0.994. The Bertz CT molecular complexity index is 263. The smallest absolute Gasteiger partial charge is 0.331 e. The number of ether oxygens (including phenoxy) is 1. The molecule has 1 amide bonds. The summed E-state index contributed by atoms with van der Waals surface area (Å²) in [5, 5.41) is 12.3. The molecule has 0 aromatic carbocycles. The second kappa shape index (κ2) is 7.27. The van der Waals surface area contributed by atoms with Crippen LogP contribution in [-0.4, -0.2) is 35.7 Å². The van der Waals surface area contributed by atoms with Crippen molar-refractivity contribution in [2.45, 2.75) is 46.8 Å². The molecule has 0 aromatic heterocycles. The zero-order valence-corrected chi connectivity index (χ0v) is 11.2. The second-order valence-electron chi connectivity index (χ2n) is 4.94. The van der Waals surface area contributed by atoms with E-state index in [1.165, 1.54) is 6.92 Å². The third-order valence-electron chi connectivity index (χ3n) is 2.20. The summed E-state index contributed by atoms with van der Waals surface area (Å²) in [5.41, 5.74) is 0. The van der Waals surface area contributed by atoms with Crippen LogP contribution in [0.2, 0.25) is 0 Å². The van der Waals surface area contributed by atoms with Gasteiger partial charge in [-0.3, -0.25) is 4.79 Å². The average Bonchev–Trinajstić information content (AvgIpc) is 2.21. The van der Waals surface area contributed by atoms with Crippen LogP contribution in [0.25, 0.3) is 0 Å². The third-order valence-corrected chi connectivity index (χ3v) is 2.20. The van der Waals surface area contributed by atoms with Crippen molar-refractivity contribution in [3.05, 3.63) is 0 Å². The standard InChI is InChI=1S/C12H23NO4/c1-7(2)6-17-12(16)10(13-9(5)14)11(15)8(3)4/h7-8,10-11,15H,6H2,1-5H3,(H,13,14)/t10-,11+/m0/s1. The van der Waals surface area contributed by atoms with Crippen molar-refractivity contribution in [1.29, 1.82) is 0 Å². The van der Waals surface area contributed by atoms with Gasteiger partial charge in [0.15, 0.2) is 6.04 Å². The Balaban J connectivity index is 4.56. The summed E-state index contributed by atoms with van der Waals surface area (Å²) in [5.74, 6) is -0.877. The van der Waals surface area contributed by atoms with Crippen molar-refractivity contribution >= 4 is 11.9 Å². The lowest BCUT2D eigenvalue weighted by atomic mass is 9.99. The number of nitrogens with one attached hydrogen (secondary N) is 1. The fraction of sp³-hybridized carbons (Fsp3) is 0.833. The van der Waals surface area contributed by atoms with Crippen molar-refractivity contribution < 1.29 is 19.4 Å². The Kier molecular flexibility index (Phi) is 6.80. The molecule has 0 radical (unpaired) electrons. The highest BCUT2D eigenvalue weighted by Gasteiger charge is 2.31. The first-order valence-corrected chi connectivity index (χ1v) is 5.87. The summed E-state index contributed by atoms with van der Waals surface area (Å²) >= 11 is 0. The van der Waals surface area contributed by atoms with Crippen LogP contribution in [0.1, 0.15) is 34.6 Å². The van der Waals surface area contributed by atoms with E-state index < -0.39 is 18.1 Å². The Morgan fingerprint density at radius 3 is 2.12 bits per heavy atom. The molecule has 0 saturated carbocycles. The quantitative estimate of drug-likeness (QED) is 0.676. The Morgan fingerprint density at radius 2 is 1.76 bits per heavy atom. The third kappa shape index (κ3) is 6.26. The molecule has 0 aliphatic rings. The van der Waals surface area contributed by atoms with Crippen molar-refractivity contribution in [1.82, 2.24) is 5.32 Å². The topological polar surface area (TPSA) is 75.6 Å². The lowest BCUT2D eigenvalue weighted by Gasteiger charge is -2.25. The van der Waals surface area contributed by atoms with E-state index >= 15 is 0 Å². The molecule has 100 valence electrons. The molecule has 5 nitrogen and oxygen atoms in total. The number of aliphatic hydroxyl groups is 1. The van der Waals surface area contributed by atoms with Gasteiger partial charge in [-0.2, -0.15) is 0 Å². The first kappa shape index (κ1) is 15.9. The largest absolute Gasteiger partial charge is 0.464 e. The molecule has 0 fully saturated rings. The number of rotatable bonds is 6. The highest BCUT2D eigenvalue weighted by molar-refractivity contribution is 5.83. The maximum atomic E-state index is 11.7. The van der Waals surface area contributed by atoms with E-state index in [2.05, 4.69) is 5.32 Å². The van der Waals surface area contributed by atoms with Crippen molar-refractivity contribution in [3.63, 3.8) is 0 Å². The molecule has 17 heavy (non-hydrogen) atoms. The summed E-state index contributed by atoms with van der Waals surface area (Å²) in [6.45, 7) is 8.96. The molecule has 2 N–H and O–H groups in total. The van der Waals surface area contributed by atoms with Gasteiger partial charge in [0.2, 0.25) is 5.91 Å².